The van der Waals surface area contributed by atoms with E-state index in [-0.39, 0.29) is 47.4 Å². The molecule has 10 unspecified atom stereocenters. The van der Waals surface area contributed by atoms with Gasteiger partial charge in [-0.05, 0) is 145 Å². The Bertz CT molecular complexity index is 2860. The molecule has 10 N–H and O–H groups in total. The Kier molecular flexibility index (Phi) is 17.4. The summed E-state index contributed by atoms with van der Waals surface area (Å²) in [6.07, 6.45) is -14.2. The van der Waals surface area contributed by atoms with Crippen molar-refractivity contribution in [3.8, 4) is 11.5 Å². The molecule has 0 spiro atoms. The Balaban J connectivity index is 1.01. The van der Waals surface area contributed by atoms with Gasteiger partial charge in [-0.2, -0.15) is 0 Å². The number of aliphatic hydroxyl groups is 5. The van der Waals surface area contributed by atoms with Crippen LogP contribution in [0.2, 0.25) is 0 Å². The number of esters is 2. The number of carboxylic acid groups (broad SMARTS) is 1. The van der Waals surface area contributed by atoms with Crippen molar-refractivity contribution < 1.29 is 98.0 Å². The smallest absolute Gasteiger partial charge is 0.328 e. The average molecular weight is 1180 g/mol. The van der Waals surface area contributed by atoms with Crippen LogP contribution in [-0.2, 0) is 70.0 Å². The first-order valence-corrected chi connectivity index (χ1v) is 29.2. The number of phenols is 2. The number of nitrogens with one attached hydrogen (secondary N) is 2. The molecular formula is C62H84N2O20. The lowest BCUT2D eigenvalue weighted by atomic mass is 9.33. The number of benzene rings is 2. The van der Waals surface area contributed by atoms with Crippen LogP contribution in [0.3, 0.4) is 0 Å². The fourth-order valence-corrected chi connectivity index (χ4v) is 16.3. The van der Waals surface area contributed by atoms with Gasteiger partial charge in [0.05, 0.1) is 25.7 Å². The highest BCUT2D eigenvalue weighted by Gasteiger charge is 2.71. The van der Waals surface area contributed by atoms with E-state index in [0.29, 0.717) is 49.7 Å². The summed E-state index contributed by atoms with van der Waals surface area (Å²) in [7, 11) is 2.20. The number of rotatable bonds is 15. The number of ketones is 1. The molecule has 22 nitrogen and oxygen atoms in total. The van der Waals surface area contributed by atoms with Gasteiger partial charge in [0.15, 0.2) is 30.6 Å². The van der Waals surface area contributed by atoms with Crippen molar-refractivity contribution in [1.82, 2.24) is 10.6 Å². The molecule has 7 aliphatic rings. The van der Waals surface area contributed by atoms with Crippen LogP contribution in [0.4, 0.5) is 0 Å². The molecule has 2 aromatic carbocycles. The summed E-state index contributed by atoms with van der Waals surface area (Å²) in [5.41, 5.74) is -1.32. The molecule has 6 fully saturated rings. The molecule has 21 atom stereocenters. The number of amides is 2. The largest absolute Gasteiger partial charge is 0.508 e. The summed E-state index contributed by atoms with van der Waals surface area (Å²) in [6, 6.07) is 8.83. The summed E-state index contributed by atoms with van der Waals surface area (Å²) in [5, 5.41) is 93.1. The fourth-order valence-electron chi connectivity index (χ4n) is 16.3. The Morgan fingerprint density at radius 1 is 0.631 bits per heavy atom. The second-order valence-electron chi connectivity index (χ2n) is 26.9. The van der Waals surface area contributed by atoms with Gasteiger partial charge in [0.25, 0.3) is 11.8 Å². The van der Waals surface area contributed by atoms with E-state index in [1.807, 2.05) is 26.8 Å². The zero-order chi connectivity index (χ0) is 61.4. The number of aliphatic carboxylic acids is 1. The number of carbonyl (C=O) groups excluding carboxylic acids is 5. The number of ether oxygens (including phenoxy) is 6. The zero-order valence-corrected chi connectivity index (χ0v) is 49.2. The number of methoxy groups -OCH3 is 2. The Hall–Kier alpha value is -5.56. The fraction of sp³-hybridized carbons (Fsp3) is 0.677. The van der Waals surface area contributed by atoms with E-state index in [4.69, 9.17) is 28.4 Å². The van der Waals surface area contributed by atoms with Crippen molar-refractivity contribution in [3.05, 3.63) is 71.3 Å². The maximum absolute atomic E-state index is 15.2. The minimum atomic E-state index is -2.16. The number of hydrogen-bond donors (Lipinski definition) is 10. The maximum Gasteiger partial charge on any atom is 0.328 e. The Labute approximate surface area is 488 Å². The van der Waals surface area contributed by atoms with Crippen molar-refractivity contribution in [2.24, 2.45) is 50.2 Å². The number of aliphatic hydroxyl groups excluding tert-OH is 5. The molecule has 2 aliphatic heterocycles. The third kappa shape index (κ3) is 11.0. The summed E-state index contributed by atoms with van der Waals surface area (Å²) in [6.45, 7) is 14.8. The monoisotopic (exact) mass is 1180 g/mol. The normalized spacial score (nSPS) is 40.4. The van der Waals surface area contributed by atoms with E-state index < -0.39 is 142 Å². The van der Waals surface area contributed by atoms with Gasteiger partial charge in [-0.3, -0.25) is 19.2 Å². The van der Waals surface area contributed by atoms with Crippen LogP contribution in [-0.4, -0.2) is 170 Å². The third-order valence-electron chi connectivity index (χ3n) is 21.6. The van der Waals surface area contributed by atoms with Crippen LogP contribution in [0.1, 0.15) is 117 Å². The number of phenolic OH excluding ortho intramolecular Hbond substituents is 2. The molecule has 2 saturated heterocycles. The standard InChI is InChI=1S/C62H84N2O20/c1-57(2)39-18-21-62(7)49(38(67)28-34-35-29-59(4,56(77)78)23-22-58(35,3)24-25-61(34,62)6)60(39,5)20-19-40(57)81-55-48(44(71)43(70)47(83-55)51(74)64-37(53(76)80-9)27-31-12-16-33(66)17-13-31)84-54-45(72)41(68)42(69)46(82-54)50(73)63-36(52(75)79-8)26-30-10-14-32(65)15-11-30/h10-17,28,35-37,39-49,54-55,65-66,68-72H,18-27,29H2,1-9H3,(H,63,73)(H,64,74)(H,77,78)/t35?,36-,37+,39?,40?,41+,42?,43+,44?,45?,46?,47?,48?,49?,54+,55-,58-,59+,60+,61-,62-/m1/s1. The molecule has 5 aliphatic carbocycles. The molecule has 462 valence electrons. The number of hydrogen-bond acceptors (Lipinski definition) is 19. The van der Waals surface area contributed by atoms with Gasteiger partial charge in [0.1, 0.15) is 60.2 Å². The summed E-state index contributed by atoms with van der Waals surface area (Å²) in [4.78, 5) is 82.5. The minimum absolute atomic E-state index is 0.0217. The molecule has 2 aromatic rings. The van der Waals surface area contributed by atoms with E-state index in [2.05, 4.69) is 38.3 Å². The van der Waals surface area contributed by atoms with E-state index >= 15 is 4.79 Å². The molecule has 0 radical (unpaired) electrons. The summed E-state index contributed by atoms with van der Waals surface area (Å²) in [5.74, 6) is -5.60. The third-order valence-corrected chi connectivity index (χ3v) is 21.6. The predicted molar refractivity (Wildman–Crippen MR) is 296 cm³/mol. The van der Waals surface area contributed by atoms with E-state index in [0.717, 1.165) is 39.1 Å². The molecule has 4 saturated carbocycles. The number of aromatic hydroxyl groups is 2. The lowest BCUT2D eigenvalue weighted by Gasteiger charge is -2.70. The van der Waals surface area contributed by atoms with Gasteiger partial charge in [0, 0.05) is 18.8 Å². The van der Waals surface area contributed by atoms with E-state index in [9.17, 15) is 64.8 Å². The molecule has 0 bridgehead atoms. The Morgan fingerprint density at radius 2 is 1.14 bits per heavy atom. The van der Waals surface area contributed by atoms with Crippen molar-refractivity contribution in [1.29, 1.82) is 0 Å². The van der Waals surface area contributed by atoms with Crippen LogP contribution in [0.15, 0.2) is 60.2 Å². The van der Waals surface area contributed by atoms with E-state index in [1.54, 1.807) is 0 Å². The Morgan fingerprint density at radius 3 is 1.67 bits per heavy atom. The van der Waals surface area contributed by atoms with Gasteiger partial charge in [0.2, 0.25) is 0 Å². The molecule has 0 aromatic heterocycles. The first-order valence-electron chi connectivity index (χ1n) is 29.2. The summed E-state index contributed by atoms with van der Waals surface area (Å²) >= 11 is 0. The van der Waals surface area contributed by atoms with Crippen LogP contribution in [0.5, 0.6) is 11.5 Å². The summed E-state index contributed by atoms with van der Waals surface area (Å²) < 4.78 is 35.3. The average Bonchev–Trinajstić information content (AvgIpc) is 0.693. The molecule has 22 heteroatoms. The number of carbonyl (C=O) groups is 6. The van der Waals surface area contributed by atoms with Gasteiger partial charge in [-0.25, -0.2) is 9.59 Å². The number of allylic oxidation sites excluding steroid dienone is 2. The minimum Gasteiger partial charge on any atom is -0.508 e. The topological polar surface area (TPSA) is 344 Å². The quantitative estimate of drug-likeness (QED) is 0.0903. The highest BCUT2D eigenvalue weighted by molar-refractivity contribution is 5.96. The number of fused-ring (bicyclic) bond motifs is 7. The van der Waals surface area contributed by atoms with Crippen LogP contribution < -0.4 is 10.6 Å². The van der Waals surface area contributed by atoms with Crippen molar-refractivity contribution in [2.45, 2.75) is 199 Å². The first-order chi connectivity index (χ1) is 39.4. The second-order valence-corrected chi connectivity index (χ2v) is 26.9. The van der Waals surface area contributed by atoms with Crippen molar-refractivity contribution in [3.63, 3.8) is 0 Å². The lowest BCUT2D eigenvalue weighted by Crippen LogP contribution is -2.69. The molecular weight excluding hydrogens is 1090 g/mol. The maximum atomic E-state index is 15.2. The van der Waals surface area contributed by atoms with Crippen LogP contribution in [0.25, 0.3) is 0 Å². The van der Waals surface area contributed by atoms with Crippen LogP contribution >= 0.6 is 0 Å². The van der Waals surface area contributed by atoms with E-state index in [1.165, 1.54) is 48.5 Å². The van der Waals surface area contributed by atoms with Crippen LogP contribution in [0, 0.1) is 50.2 Å². The predicted octanol–water partition coefficient (Wildman–Crippen LogP) is 3.29. The highest BCUT2D eigenvalue weighted by atomic mass is 16.8. The zero-order valence-electron chi connectivity index (χ0n) is 49.2. The molecule has 9 rings (SSSR count). The van der Waals surface area contributed by atoms with Gasteiger partial charge in [-0.15, -0.1) is 0 Å². The molecule has 2 heterocycles. The second kappa shape index (κ2) is 23.3. The lowest BCUT2D eigenvalue weighted by molar-refractivity contribution is -0.369. The molecule has 84 heavy (non-hydrogen) atoms. The SMILES string of the molecule is COC(=O)[C@H](Cc1ccc(O)cc1)NC(=O)C1O[C@@H](OC2CC[C@@]3(C)C(CC[C@]4(C)C3C(=O)C=C3C5C[C@@](C)(C(=O)O)CC[C@]5(C)CC[C@]34C)C2(C)C)C(O[C@@H]2OC(C(=O)N[C@H](Cc3ccc(O)cc3)C(=O)OC)C(O)[C@H](O)C2O)C(O)[C@@H]1O. The highest BCUT2D eigenvalue weighted by Crippen LogP contribution is 2.75. The van der Waals surface area contributed by atoms with Gasteiger partial charge in [-0.1, -0.05) is 71.4 Å². The van der Waals surface area contributed by atoms with Crippen molar-refractivity contribution in [2.75, 3.05) is 14.2 Å². The van der Waals surface area contributed by atoms with Crippen molar-refractivity contribution >= 4 is 35.5 Å². The van der Waals surface area contributed by atoms with Gasteiger partial charge < -0.3 is 79.9 Å². The first kappa shape index (κ1) is 63.0. The number of carboxylic acids is 1. The molecule has 2 amide bonds. The van der Waals surface area contributed by atoms with Gasteiger partial charge >= 0.3 is 17.9 Å².